The molecule has 0 N–H and O–H groups in total. The van der Waals surface area contributed by atoms with Gasteiger partial charge in [0.2, 0.25) is 0 Å². The van der Waals surface area contributed by atoms with Crippen molar-refractivity contribution < 1.29 is 9.53 Å². The lowest BCUT2D eigenvalue weighted by molar-refractivity contribution is -0.160. The van der Waals surface area contributed by atoms with Crippen molar-refractivity contribution in [2.45, 2.75) is 51.9 Å². The third-order valence-electron chi connectivity index (χ3n) is 5.02. The van der Waals surface area contributed by atoms with Gasteiger partial charge in [0.25, 0.3) is 0 Å². The molecule has 0 bridgehead atoms. The van der Waals surface area contributed by atoms with E-state index in [1.165, 1.54) is 11.1 Å². The van der Waals surface area contributed by atoms with Crippen LogP contribution in [0.15, 0.2) is 36.5 Å². The van der Waals surface area contributed by atoms with E-state index in [9.17, 15) is 4.79 Å². The fraction of sp³-hybridized carbons (Fsp3) is 0.632. The maximum Gasteiger partial charge on any atom is 0.309 e. The standard InChI is InChI=1S/C19H28O2/c1-4-5-6-10-17-16-12-11-14(2)8-7-9-15(3)18(16)13-21-19(17)20/h4,8,16-18H,1,3,5-7,9-13H2,2H3/b14-8+/t16-,17+,18+/m1/s1. The zero-order valence-corrected chi connectivity index (χ0v) is 13.3. The van der Waals surface area contributed by atoms with Crippen molar-refractivity contribution in [3.05, 3.63) is 36.5 Å². The Labute approximate surface area is 129 Å². The smallest absolute Gasteiger partial charge is 0.309 e. The van der Waals surface area contributed by atoms with E-state index >= 15 is 0 Å². The molecule has 1 saturated heterocycles. The summed E-state index contributed by atoms with van der Waals surface area (Å²) in [6.45, 7) is 10.8. The highest BCUT2D eigenvalue weighted by Gasteiger charge is 2.40. The van der Waals surface area contributed by atoms with E-state index in [0.717, 1.165) is 44.9 Å². The minimum atomic E-state index is 0.00833. The summed E-state index contributed by atoms with van der Waals surface area (Å²) in [5.74, 6) is 0.820. The minimum Gasteiger partial charge on any atom is -0.465 e. The van der Waals surface area contributed by atoms with Gasteiger partial charge in [-0.25, -0.2) is 0 Å². The van der Waals surface area contributed by atoms with Crippen LogP contribution in [0.3, 0.4) is 0 Å². The molecular weight excluding hydrogens is 260 g/mol. The molecule has 0 unspecified atom stereocenters. The highest BCUT2D eigenvalue weighted by atomic mass is 16.5. The van der Waals surface area contributed by atoms with Crippen LogP contribution in [-0.4, -0.2) is 12.6 Å². The van der Waals surface area contributed by atoms with Crippen LogP contribution >= 0.6 is 0 Å². The SMILES string of the molecule is C=CCCC[C@@H]1C(=O)OC[C@H]2C(=C)CC/C=C(\C)CC[C@H]12. The molecule has 21 heavy (non-hydrogen) atoms. The first kappa shape index (κ1) is 16.1. The highest BCUT2D eigenvalue weighted by molar-refractivity contribution is 5.73. The lowest BCUT2D eigenvalue weighted by Gasteiger charge is -2.38. The summed E-state index contributed by atoms with van der Waals surface area (Å²) in [5, 5.41) is 0. The van der Waals surface area contributed by atoms with Crippen LogP contribution in [0.4, 0.5) is 0 Å². The first-order chi connectivity index (χ1) is 10.1. The Bertz CT molecular complexity index is 433. The third kappa shape index (κ3) is 4.09. The number of hydrogen-bond acceptors (Lipinski definition) is 2. The van der Waals surface area contributed by atoms with E-state index in [2.05, 4.69) is 26.2 Å². The first-order valence-corrected chi connectivity index (χ1v) is 8.24. The second-order valence-electron chi connectivity index (χ2n) is 6.51. The van der Waals surface area contributed by atoms with Crippen molar-refractivity contribution in [1.82, 2.24) is 0 Å². The molecule has 0 saturated carbocycles. The molecule has 0 aromatic carbocycles. The number of cyclic esters (lactones) is 1. The molecule has 0 radical (unpaired) electrons. The first-order valence-electron chi connectivity index (χ1n) is 8.24. The second-order valence-corrected chi connectivity index (χ2v) is 6.51. The van der Waals surface area contributed by atoms with Gasteiger partial charge in [-0.2, -0.15) is 0 Å². The number of esters is 1. The molecule has 0 aromatic rings. The number of unbranched alkanes of at least 4 members (excludes halogenated alkanes) is 1. The Morgan fingerprint density at radius 3 is 3.00 bits per heavy atom. The summed E-state index contributed by atoms with van der Waals surface area (Å²) in [7, 11) is 0. The zero-order chi connectivity index (χ0) is 15.2. The van der Waals surface area contributed by atoms with E-state index < -0.39 is 0 Å². The number of hydrogen-bond donors (Lipinski definition) is 0. The van der Waals surface area contributed by atoms with Crippen LogP contribution in [0.2, 0.25) is 0 Å². The van der Waals surface area contributed by atoms with Gasteiger partial charge in [-0.05, 0) is 57.8 Å². The quantitative estimate of drug-likeness (QED) is 0.421. The van der Waals surface area contributed by atoms with E-state index in [0.29, 0.717) is 18.4 Å². The molecule has 1 aliphatic carbocycles. The van der Waals surface area contributed by atoms with Gasteiger partial charge in [-0.15, -0.1) is 6.58 Å². The molecule has 0 spiro atoms. The van der Waals surface area contributed by atoms with Crippen LogP contribution in [0, 0.1) is 17.8 Å². The van der Waals surface area contributed by atoms with Crippen LogP contribution in [0.25, 0.3) is 0 Å². The van der Waals surface area contributed by atoms with Gasteiger partial charge in [0.05, 0.1) is 12.5 Å². The zero-order valence-electron chi connectivity index (χ0n) is 13.3. The Morgan fingerprint density at radius 1 is 1.43 bits per heavy atom. The number of ether oxygens (including phenoxy) is 1. The normalized spacial score (nSPS) is 32.8. The van der Waals surface area contributed by atoms with Gasteiger partial charge in [-0.3, -0.25) is 4.79 Å². The molecule has 116 valence electrons. The lowest BCUT2D eigenvalue weighted by Crippen LogP contribution is -2.40. The van der Waals surface area contributed by atoms with Crippen molar-refractivity contribution in [3.63, 3.8) is 0 Å². The van der Waals surface area contributed by atoms with Gasteiger partial charge >= 0.3 is 5.97 Å². The lowest BCUT2D eigenvalue weighted by atomic mass is 9.72. The Balaban J connectivity index is 2.14. The van der Waals surface area contributed by atoms with Crippen molar-refractivity contribution >= 4 is 5.97 Å². The largest absolute Gasteiger partial charge is 0.465 e. The molecule has 2 heteroatoms. The molecule has 1 fully saturated rings. The molecule has 0 aromatic heterocycles. The number of carbonyl (C=O) groups excluding carboxylic acids is 1. The predicted octanol–water partition coefficient (Wildman–Crippen LogP) is 4.82. The molecule has 2 aliphatic rings. The minimum absolute atomic E-state index is 0.00833. The van der Waals surface area contributed by atoms with E-state index in [1.54, 1.807) is 0 Å². The molecule has 1 aliphatic heterocycles. The Hall–Kier alpha value is -1.31. The molecule has 1 heterocycles. The third-order valence-corrected chi connectivity index (χ3v) is 5.02. The Morgan fingerprint density at radius 2 is 2.24 bits per heavy atom. The number of fused-ring (bicyclic) bond motifs is 1. The van der Waals surface area contributed by atoms with Crippen LogP contribution in [-0.2, 0) is 9.53 Å². The number of carbonyl (C=O) groups is 1. The Kier molecular flexibility index (Phi) is 5.84. The van der Waals surface area contributed by atoms with Crippen molar-refractivity contribution in [1.29, 1.82) is 0 Å². The van der Waals surface area contributed by atoms with Gasteiger partial charge in [-0.1, -0.05) is 29.9 Å². The molecule has 2 nitrogen and oxygen atoms in total. The van der Waals surface area contributed by atoms with Gasteiger partial charge in [0, 0.05) is 5.92 Å². The predicted molar refractivity (Wildman–Crippen MR) is 86.8 cm³/mol. The van der Waals surface area contributed by atoms with Gasteiger partial charge < -0.3 is 4.74 Å². The number of rotatable bonds is 4. The highest BCUT2D eigenvalue weighted by Crippen LogP contribution is 2.40. The van der Waals surface area contributed by atoms with E-state index in [1.807, 2.05) is 6.08 Å². The van der Waals surface area contributed by atoms with Crippen molar-refractivity contribution in [2.75, 3.05) is 6.61 Å². The maximum absolute atomic E-state index is 12.2. The summed E-state index contributed by atoms with van der Waals surface area (Å²) in [4.78, 5) is 12.2. The molecular formula is C19H28O2. The molecule has 3 atom stereocenters. The van der Waals surface area contributed by atoms with Crippen LogP contribution in [0.5, 0.6) is 0 Å². The monoisotopic (exact) mass is 288 g/mol. The van der Waals surface area contributed by atoms with E-state index in [4.69, 9.17) is 4.74 Å². The summed E-state index contributed by atoms with van der Waals surface area (Å²) in [6, 6.07) is 0. The van der Waals surface area contributed by atoms with Crippen molar-refractivity contribution in [2.24, 2.45) is 17.8 Å². The number of allylic oxidation sites excluding steroid dienone is 3. The molecule has 2 rings (SSSR count). The fourth-order valence-electron chi connectivity index (χ4n) is 3.68. The van der Waals surface area contributed by atoms with Crippen LogP contribution < -0.4 is 0 Å². The van der Waals surface area contributed by atoms with Crippen molar-refractivity contribution in [3.8, 4) is 0 Å². The topological polar surface area (TPSA) is 26.3 Å². The summed E-state index contributed by atoms with van der Waals surface area (Å²) < 4.78 is 5.48. The van der Waals surface area contributed by atoms with E-state index in [-0.39, 0.29) is 11.9 Å². The maximum atomic E-state index is 12.2. The molecule has 0 amide bonds. The fourth-order valence-corrected chi connectivity index (χ4v) is 3.68. The average Bonchev–Trinajstić information content (AvgIpc) is 2.52. The second kappa shape index (κ2) is 7.63. The summed E-state index contributed by atoms with van der Waals surface area (Å²) in [5.41, 5.74) is 2.72. The van der Waals surface area contributed by atoms with Gasteiger partial charge in [0.1, 0.15) is 0 Å². The van der Waals surface area contributed by atoms with Crippen LogP contribution in [0.1, 0.15) is 51.9 Å². The van der Waals surface area contributed by atoms with Gasteiger partial charge in [0.15, 0.2) is 0 Å². The summed E-state index contributed by atoms with van der Waals surface area (Å²) >= 11 is 0. The summed E-state index contributed by atoms with van der Waals surface area (Å²) in [6.07, 6.45) is 11.5. The average molecular weight is 288 g/mol.